The van der Waals surface area contributed by atoms with Gasteiger partial charge >= 0.3 is 0 Å². The van der Waals surface area contributed by atoms with Gasteiger partial charge in [-0.1, -0.05) is 31.2 Å². The van der Waals surface area contributed by atoms with Crippen molar-refractivity contribution in [3.8, 4) is 0 Å². The predicted molar refractivity (Wildman–Crippen MR) is 96.7 cm³/mol. The van der Waals surface area contributed by atoms with Gasteiger partial charge in [0.15, 0.2) is 0 Å². The van der Waals surface area contributed by atoms with E-state index >= 15 is 0 Å². The molecular formula is C21H28N2O. The van der Waals surface area contributed by atoms with Crippen molar-refractivity contribution in [2.45, 2.75) is 51.2 Å². The van der Waals surface area contributed by atoms with Gasteiger partial charge in [0.25, 0.3) is 0 Å². The Kier molecular flexibility index (Phi) is 3.50. The number of aliphatic hydroxyl groups excluding tert-OH is 1. The second-order valence-corrected chi connectivity index (χ2v) is 8.30. The van der Waals surface area contributed by atoms with E-state index in [1.54, 1.807) is 5.56 Å². The van der Waals surface area contributed by atoms with Crippen LogP contribution < -0.4 is 10.6 Å². The largest absolute Gasteiger partial charge is 0.393 e. The summed E-state index contributed by atoms with van der Waals surface area (Å²) in [6.07, 6.45) is 14.6. The van der Waals surface area contributed by atoms with Crippen molar-refractivity contribution in [3.05, 3.63) is 34.0 Å². The van der Waals surface area contributed by atoms with Crippen LogP contribution in [0.4, 0.5) is 0 Å². The maximum atomic E-state index is 10.3. The van der Waals surface area contributed by atoms with E-state index < -0.39 is 0 Å². The van der Waals surface area contributed by atoms with Gasteiger partial charge in [-0.15, -0.1) is 0 Å². The molecule has 0 aromatic carbocycles. The number of rotatable bonds is 0. The lowest BCUT2D eigenvalue weighted by Crippen LogP contribution is -2.51. The zero-order chi connectivity index (χ0) is 16.3. The summed E-state index contributed by atoms with van der Waals surface area (Å²) in [7, 11) is 0. The fourth-order valence-electron chi connectivity index (χ4n) is 5.78. The smallest absolute Gasteiger partial charge is 0.0568 e. The van der Waals surface area contributed by atoms with Crippen LogP contribution in [0.1, 0.15) is 49.9 Å². The molecule has 5 atom stereocenters. The van der Waals surface area contributed by atoms with E-state index in [1.807, 2.05) is 0 Å². The third-order valence-electron chi connectivity index (χ3n) is 7.18. The molecule has 3 heterocycles. The van der Waals surface area contributed by atoms with Gasteiger partial charge in [0.05, 0.1) is 12.1 Å². The zero-order valence-corrected chi connectivity index (χ0v) is 14.5. The molecule has 3 heteroatoms. The molecule has 2 aliphatic heterocycles. The van der Waals surface area contributed by atoms with Crippen molar-refractivity contribution in [1.82, 2.24) is 9.88 Å². The minimum absolute atomic E-state index is 0.0898. The van der Waals surface area contributed by atoms with Crippen molar-refractivity contribution in [2.24, 2.45) is 17.8 Å². The molecule has 0 amide bonds. The van der Waals surface area contributed by atoms with Gasteiger partial charge in [-0.25, -0.2) is 0 Å². The highest BCUT2D eigenvalue weighted by molar-refractivity contribution is 5.48. The van der Waals surface area contributed by atoms with Crippen LogP contribution in [-0.4, -0.2) is 34.2 Å². The van der Waals surface area contributed by atoms with Crippen molar-refractivity contribution < 1.29 is 5.11 Å². The molecule has 128 valence electrons. The van der Waals surface area contributed by atoms with Crippen LogP contribution >= 0.6 is 0 Å². The summed E-state index contributed by atoms with van der Waals surface area (Å²) >= 11 is 0. The van der Waals surface area contributed by atoms with Gasteiger partial charge in [-0.05, 0) is 55.4 Å². The van der Waals surface area contributed by atoms with Crippen molar-refractivity contribution in [3.63, 3.8) is 0 Å². The Bertz CT molecular complexity index is 789. The highest BCUT2D eigenvalue weighted by atomic mass is 16.3. The summed E-state index contributed by atoms with van der Waals surface area (Å²) in [5.41, 5.74) is 3.02. The highest BCUT2D eigenvalue weighted by Gasteiger charge is 2.45. The van der Waals surface area contributed by atoms with Gasteiger partial charge in [-0.2, -0.15) is 0 Å². The third kappa shape index (κ3) is 2.18. The molecule has 1 saturated carbocycles. The highest BCUT2D eigenvalue weighted by Crippen LogP contribution is 2.47. The molecule has 1 saturated heterocycles. The molecule has 0 unspecified atom stereocenters. The Balaban J connectivity index is 1.55. The van der Waals surface area contributed by atoms with Crippen LogP contribution in [-0.2, 0) is 6.42 Å². The average Bonchev–Trinajstić information content (AvgIpc) is 2.79. The van der Waals surface area contributed by atoms with Gasteiger partial charge in [0.2, 0.25) is 0 Å². The number of fused-ring (bicyclic) bond motifs is 6. The first-order valence-corrected chi connectivity index (χ1v) is 9.72. The summed E-state index contributed by atoms with van der Waals surface area (Å²) in [6.45, 7) is 4.69. The molecule has 2 aliphatic carbocycles. The average molecular weight is 324 g/mol. The molecular weight excluding hydrogens is 296 g/mol. The number of aromatic amines is 1. The lowest BCUT2D eigenvalue weighted by molar-refractivity contribution is -0.0493. The molecule has 1 aromatic heterocycles. The second kappa shape index (κ2) is 5.60. The first kappa shape index (κ1) is 15.0. The normalized spacial score (nSPS) is 38.0. The Morgan fingerprint density at radius 1 is 1.29 bits per heavy atom. The standard InChI is InChI=1S/C21H28N2O/c1-13-17-11-19-21-16(15-5-3-2-4-6-18(15)22-21)9-10-23(19)12-14(17)7-8-20(13)24/h2-3,5-6,13-14,17,19-20,22,24H,4,7-12H2,1H3/t13-,14+,17-,19+,20+/m1/s1. The van der Waals surface area contributed by atoms with Crippen molar-refractivity contribution in [2.75, 3.05) is 13.1 Å². The number of allylic oxidation sites excluding steroid dienone is 2. The number of nitrogens with one attached hydrogen (secondary N) is 1. The van der Waals surface area contributed by atoms with Crippen LogP contribution in [0, 0.1) is 17.8 Å². The number of aliphatic hydroxyl groups is 1. The topological polar surface area (TPSA) is 39.3 Å². The van der Waals surface area contributed by atoms with Gasteiger partial charge in [0, 0.05) is 29.4 Å². The second-order valence-electron chi connectivity index (χ2n) is 8.30. The number of piperidine rings is 1. The number of aromatic nitrogens is 1. The summed E-state index contributed by atoms with van der Waals surface area (Å²) in [5, 5.41) is 13.1. The fourth-order valence-corrected chi connectivity index (χ4v) is 5.78. The van der Waals surface area contributed by atoms with Gasteiger partial charge < -0.3 is 10.1 Å². The van der Waals surface area contributed by atoms with Crippen molar-refractivity contribution >= 4 is 12.2 Å². The molecule has 24 heavy (non-hydrogen) atoms. The van der Waals surface area contributed by atoms with Gasteiger partial charge in [-0.3, -0.25) is 4.90 Å². The van der Waals surface area contributed by atoms with Gasteiger partial charge in [0.1, 0.15) is 0 Å². The molecule has 0 radical (unpaired) electrons. The monoisotopic (exact) mass is 324 g/mol. The van der Waals surface area contributed by atoms with E-state index in [0.717, 1.165) is 18.8 Å². The number of hydrogen-bond donors (Lipinski definition) is 2. The lowest BCUT2D eigenvalue weighted by atomic mass is 9.65. The van der Waals surface area contributed by atoms with E-state index in [2.05, 4.69) is 41.1 Å². The molecule has 4 aliphatic rings. The van der Waals surface area contributed by atoms with E-state index in [1.165, 1.54) is 48.6 Å². The van der Waals surface area contributed by atoms with Crippen LogP contribution in [0.3, 0.4) is 0 Å². The Hall–Kier alpha value is -1.32. The number of H-pyrrole nitrogens is 1. The molecule has 2 fully saturated rings. The van der Waals surface area contributed by atoms with Crippen LogP contribution in [0.25, 0.3) is 12.2 Å². The molecule has 1 aromatic rings. The molecule has 0 spiro atoms. The Morgan fingerprint density at radius 3 is 3.12 bits per heavy atom. The van der Waals surface area contributed by atoms with E-state index in [0.29, 0.717) is 17.9 Å². The third-order valence-corrected chi connectivity index (χ3v) is 7.18. The predicted octanol–water partition coefficient (Wildman–Crippen LogP) is 1.86. The molecule has 2 N–H and O–H groups in total. The minimum atomic E-state index is -0.0898. The van der Waals surface area contributed by atoms with Crippen LogP contribution in [0.15, 0.2) is 12.2 Å². The number of nitrogens with zero attached hydrogens (tertiary/aromatic N) is 1. The van der Waals surface area contributed by atoms with Crippen LogP contribution in [0.5, 0.6) is 0 Å². The zero-order valence-electron chi connectivity index (χ0n) is 14.5. The minimum Gasteiger partial charge on any atom is -0.393 e. The van der Waals surface area contributed by atoms with E-state index in [-0.39, 0.29) is 6.10 Å². The maximum absolute atomic E-state index is 10.3. The molecule has 3 nitrogen and oxygen atoms in total. The van der Waals surface area contributed by atoms with Crippen molar-refractivity contribution in [1.29, 1.82) is 0 Å². The van der Waals surface area contributed by atoms with E-state index in [4.69, 9.17) is 0 Å². The molecule has 5 rings (SSSR count). The first-order chi connectivity index (χ1) is 11.7. The number of hydrogen-bond acceptors (Lipinski definition) is 2. The summed E-state index contributed by atoms with van der Waals surface area (Å²) in [4.78, 5) is 6.51. The fraction of sp³-hybridized carbons (Fsp3) is 0.619. The Labute approximate surface area is 143 Å². The van der Waals surface area contributed by atoms with Crippen LogP contribution in [0.2, 0.25) is 0 Å². The molecule has 0 bridgehead atoms. The SMILES string of the molecule is C[C@@H]1[C@H]2C[C@H]3c4[nH]c5c(c4CCN3C[C@@H]2CC[C@@H]1O)=CC=CCC=5. The van der Waals surface area contributed by atoms with E-state index in [9.17, 15) is 5.11 Å². The maximum Gasteiger partial charge on any atom is 0.0568 e. The first-order valence-electron chi connectivity index (χ1n) is 9.72. The summed E-state index contributed by atoms with van der Waals surface area (Å²) < 4.78 is 0. The summed E-state index contributed by atoms with van der Waals surface area (Å²) in [5.74, 6) is 1.91. The summed E-state index contributed by atoms with van der Waals surface area (Å²) in [6, 6.07) is 0.528. The quantitative estimate of drug-likeness (QED) is 0.765. The Morgan fingerprint density at radius 2 is 2.21 bits per heavy atom. The lowest BCUT2D eigenvalue weighted by Gasteiger charge is -2.51.